The molecule has 0 saturated carbocycles. The lowest BCUT2D eigenvalue weighted by Crippen LogP contribution is -2.07. The highest BCUT2D eigenvalue weighted by Gasteiger charge is 2.10. The number of hydrogen-bond donors (Lipinski definition) is 1. The zero-order chi connectivity index (χ0) is 14.3. The van der Waals surface area contributed by atoms with Crippen molar-refractivity contribution in [1.82, 2.24) is 0 Å². The van der Waals surface area contributed by atoms with Crippen molar-refractivity contribution in [2.75, 3.05) is 0 Å². The zero-order valence-corrected chi connectivity index (χ0v) is 10.5. The molecule has 0 spiro atoms. The quantitative estimate of drug-likeness (QED) is 0.295. The van der Waals surface area contributed by atoms with Gasteiger partial charge in [0.1, 0.15) is 0 Å². The molecule has 0 aliphatic rings. The van der Waals surface area contributed by atoms with Crippen molar-refractivity contribution in [1.29, 1.82) is 0 Å². The van der Waals surface area contributed by atoms with E-state index in [0.717, 1.165) is 0 Å². The SMILES string of the molecule is CC(=O)Oc1ccc(/C=C/C=NO)cc1OC(C)=O. The Morgan fingerprint density at radius 3 is 2.37 bits per heavy atom. The van der Waals surface area contributed by atoms with E-state index in [-0.39, 0.29) is 11.5 Å². The van der Waals surface area contributed by atoms with Gasteiger partial charge < -0.3 is 14.7 Å². The predicted molar refractivity (Wildman–Crippen MR) is 68.4 cm³/mol. The van der Waals surface area contributed by atoms with Crippen molar-refractivity contribution in [2.45, 2.75) is 13.8 Å². The minimum Gasteiger partial charge on any atom is -0.423 e. The van der Waals surface area contributed by atoms with Crippen molar-refractivity contribution in [2.24, 2.45) is 5.16 Å². The molecule has 0 bridgehead atoms. The number of carbonyl (C=O) groups is 2. The maximum absolute atomic E-state index is 11.0. The van der Waals surface area contributed by atoms with Crippen LogP contribution in [0.15, 0.2) is 29.4 Å². The lowest BCUT2D eigenvalue weighted by Gasteiger charge is -2.09. The van der Waals surface area contributed by atoms with Crippen molar-refractivity contribution in [3.05, 3.63) is 29.8 Å². The Kier molecular flexibility index (Phi) is 5.28. The molecule has 6 nitrogen and oxygen atoms in total. The van der Waals surface area contributed by atoms with Crippen molar-refractivity contribution >= 4 is 24.2 Å². The van der Waals surface area contributed by atoms with E-state index in [4.69, 9.17) is 14.7 Å². The lowest BCUT2D eigenvalue weighted by atomic mass is 10.2. The molecular formula is C13H13NO5. The molecule has 0 unspecified atom stereocenters. The van der Waals surface area contributed by atoms with Crippen LogP contribution in [0.3, 0.4) is 0 Å². The second-order valence-electron chi connectivity index (χ2n) is 3.52. The fourth-order valence-electron chi connectivity index (χ4n) is 1.29. The molecule has 0 aliphatic heterocycles. The molecule has 0 aliphatic carbocycles. The molecule has 0 saturated heterocycles. The molecule has 1 rings (SSSR count). The van der Waals surface area contributed by atoms with E-state index in [0.29, 0.717) is 5.56 Å². The third kappa shape index (κ3) is 5.03. The summed E-state index contributed by atoms with van der Waals surface area (Å²) in [6, 6.07) is 4.70. The summed E-state index contributed by atoms with van der Waals surface area (Å²) in [4.78, 5) is 21.9. The summed E-state index contributed by atoms with van der Waals surface area (Å²) < 4.78 is 9.88. The third-order valence-corrected chi connectivity index (χ3v) is 1.92. The van der Waals surface area contributed by atoms with Gasteiger partial charge in [-0.05, 0) is 23.8 Å². The molecule has 1 aromatic carbocycles. The largest absolute Gasteiger partial charge is 0.423 e. The number of allylic oxidation sites excluding steroid dienone is 1. The van der Waals surface area contributed by atoms with Crippen LogP contribution < -0.4 is 9.47 Å². The van der Waals surface area contributed by atoms with E-state index in [9.17, 15) is 9.59 Å². The number of esters is 2. The Balaban J connectivity index is 3.06. The van der Waals surface area contributed by atoms with Gasteiger partial charge in [0.25, 0.3) is 0 Å². The Morgan fingerprint density at radius 1 is 1.16 bits per heavy atom. The van der Waals surface area contributed by atoms with Crippen LogP contribution in [0.4, 0.5) is 0 Å². The molecule has 0 aromatic heterocycles. The first-order valence-electron chi connectivity index (χ1n) is 5.38. The monoisotopic (exact) mass is 263 g/mol. The summed E-state index contributed by atoms with van der Waals surface area (Å²) in [5.41, 5.74) is 0.687. The van der Waals surface area contributed by atoms with Crippen LogP contribution in [-0.2, 0) is 9.59 Å². The number of rotatable bonds is 4. The van der Waals surface area contributed by atoms with Gasteiger partial charge in [-0.2, -0.15) is 0 Å². The van der Waals surface area contributed by atoms with Crippen LogP contribution in [0.25, 0.3) is 6.08 Å². The van der Waals surface area contributed by atoms with Gasteiger partial charge in [-0.1, -0.05) is 17.3 Å². The summed E-state index contributed by atoms with van der Waals surface area (Å²) in [7, 11) is 0. The third-order valence-electron chi connectivity index (χ3n) is 1.92. The molecule has 0 atom stereocenters. The Morgan fingerprint density at radius 2 is 1.79 bits per heavy atom. The number of carbonyl (C=O) groups excluding carboxylic acids is 2. The molecule has 100 valence electrons. The summed E-state index contributed by atoms with van der Waals surface area (Å²) in [6.45, 7) is 2.50. The molecule has 1 aromatic rings. The number of ether oxygens (including phenoxy) is 2. The van der Waals surface area contributed by atoms with E-state index in [1.165, 1.54) is 38.3 Å². The van der Waals surface area contributed by atoms with Gasteiger partial charge in [0.05, 0.1) is 6.21 Å². The highest BCUT2D eigenvalue weighted by atomic mass is 16.6. The molecule has 19 heavy (non-hydrogen) atoms. The smallest absolute Gasteiger partial charge is 0.308 e. The van der Waals surface area contributed by atoms with Crippen LogP contribution in [0.1, 0.15) is 19.4 Å². The van der Waals surface area contributed by atoms with E-state index in [1.807, 2.05) is 0 Å². The Bertz CT molecular complexity index is 534. The molecule has 0 fully saturated rings. The predicted octanol–water partition coefficient (Wildman–Crippen LogP) is 2.01. The minimum absolute atomic E-state index is 0.144. The molecule has 6 heteroatoms. The maximum atomic E-state index is 11.0. The molecular weight excluding hydrogens is 250 g/mol. The summed E-state index contributed by atoms with van der Waals surface area (Å²) in [6.07, 6.45) is 4.31. The molecule has 0 heterocycles. The summed E-state index contributed by atoms with van der Waals surface area (Å²) in [5.74, 6) is -0.725. The topological polar surface area (TPSA) is 85.2 Å². The Labute approximate surface area is 109 Å². The van der Waals surface area contributed by atoms with Gasteiger partial charge in [-0.3, -0.25) is 9.59 Å². The first-order chi connectivity index (χ1) is 9.02. The number of hydrogen-bond acceptors (Lipinski definition) is 6. The summed E-state index contributed by atoms with van der Waals surface area (Å²) >= 11 is 0. The van der Waals surface area contributed by atoms with Crippen molar-refractivity contribution in [3.63, 3.8) is 0 Å². The Hall–Kier alpha value is -2.63. The summed E-state index contributed by atoms with van der Waals surface area (Å²) in [5, 5.41) is 11.1. The van der Waals surface area contributed by atoms with E-state index >= 15 is 0 Å². The van der Waals surface area contributed by atoms with Crippen LogP contribution in [0.2, 0.25) is 0 Å². The number of benzene rings is 1. The highest BCUT2D eigenvalue weighted by molar-refractivity contribution is 5.79. The zero-order valence-electron chi connectivity index (χ0n) is 10.5. The van der Waals surface area contributed by atoms with Gasteiger partial charge in [0, 0.05) is 13.8 Å². The van der Waals surface area contributed by atoms with Crippen molar-refractivity contribution in [3.8, 4) is 11.5 Å². The second kappa shape index (κ2) is 6.95. The van der Waals surface area contributed by atoms with Crippen LogP contribution in [0.5, 0.6) is 11.5 Å². The van der Waals surface area contributed by atoms with Crippen LogP contribution in [0, 0.1) is 0 Å². The van der Waals surface area contributed by atoms with Crippen LogP contribution >= 0.6 is 0 Å². The molecule has 0 amide bonds. The molecule has 0 radical (unpaired) electrons. The standard InChI is InChI=1S/C13H13NO5/c1-9(15)18-12-6-5-11(4-3-7-14-17)8-13(12)19-10(2)16/h3-8,17H,1-2H3/b4-3+,14-7?. The maximum Gasteiger partial charge on any atom is 0.308 e. The van der Waals surface area contributed by atoms with Gasteiger partial charge in [-0.15, -0.1) is 0 Å². The van der Waals surface area contributed by atoms with Gasteiger partial charge in [-0.25, -0.2) is 0 Å². The first-order valence-corrected chi connectivity index (χ1v) is 5.38. The van der Waals surface area contributed by atoms with Crippen molar-refractivity contribution < 1.29 is 24.3 Å². The lowest BCUT2D eigenvalue weighted by molar-refractivity contribution is -0.134. The fourth-order valence-corrected chi connectivity index (χ4v) is 1.29. The normalized spacial score (nSPS) is 10.8. The minimum atomic E-state index is -0.522. The highest BCUT2D eigenvalue weighted by Crippen LogP contribution is 2.29. The molecule has 1 N–H and O–H groups in total. The average Bonchev–Trinajstić information content (AvgIpc) is 2.31. The second-order valence-corrected chi connectivity index (χ2v) is 3.52. The fraction of sp³-hybridized carbons (Fsp3) is 0.154. The van der Waals surface area contributed by atoms with E-state index < -0.39 is 11.9 Å². The van der Waals surface area contributed by atoms with Crippen LogP contribution in [-0.4, -0.2) is 23.4 Å². The van der Waals surface area contributed by atoms with E-state index in [2.05, 4.69) is 5.16 Å². The van der Waals surface area contributed by atoms with Gasteiger partial charge in [0.2, 0.25) is 0 Å². The van der Waals surface area contributed by atoms with Gasteiger partial charge >= 0.3 is 11.9 Å². The number of oxime groups is 1. The number of nitrogens with zero attached hydrogens (tertiary/aromatic N) is 1. The van der Waals surface area contributed by atoms with Gasteiger partial charge in [0.15, 0.2) is 11.5 Å². The van der Waals surface area contributed by atoms with E-state index in [1.54, 1.807) is 12.1 Å². The first kappa shape index (κ1) is 14.4. The average molecular weight is 263 g/mol.